The van der Waals surface area contributed by atoms with Crippen LogP contribution in [0.3, 0.4) is 0 Å². The monoisotopic (exact) mass is 348 g/mol. The van der Waals surface area contributed by atoms with Gasteiger partial charge in [0.2, 0.25) is 0 Å². The number of urea groups is 1. The van der Waals surface area contributed by atoms with E-state index in [9.17, 15) is 9.90 Å². The predicted octanol–water partition coefficient (Wildman–Crippen LogP) is 3.15. The first-order valence-corrected chi connectivity index (χ1v) is 8.46. The quantitative estimate of drug-likeness (QED) is 0.895. The Bertz CT molecular complexity index is 705. The third-order valence-electron chi connectivity index (χ3n) is 4.51. The number of carbonyl (C=O) groups excluding carboxylic acids is 1. The molecule has 1 fully saturated rings. The van der Waals surface area contributed by atoms with E-state index in [-0.39, 0.29) is 18.7 Å². The van der Waals surface area contributed by atoms with Gasteiger partial charge in [0.1, 0.15) is 0 Å². The van der Waals surface area contributed by atoms with Crippen LogP contribution in [0.15, 0.2) is 36.7 Å². The number of aliphatic hydroxyl groups excluding tert-OH is 1. The number of nitrogens with one attached hydrogen (secondary N) is 1. The Morgan fingerprint density at radius 2 is 2.33 bits per heavy atom. The summed E-state index contributed by atoms with van der Waals surface area (Å²) < 4.78 is 1.67. The van der Waals surface area contributed by atoms with Gasteiger partial charge in [-0.1, -0.05) is 18.5 Å². The number of halogens is 1. The second-order valence-electron chi connectivity index (χ2n) is 6.11. The summed E-state index contributed by atoms with van der Waals surface area (Å²) in [6.45, 7) is 2.70. The average molecular weight is 349 g/mol. The van der Waals surface area contributed by atoms with Crippen LogP contribution >= 0.6 is 11.6 Å². The maximum atomic E-state index is 12.6. The van der Waals surface area contributed by atoms with Gasteiger partial charge in [-0.3, -0.25) is 0 Å². The van der Waals surface area contributed by atoms with Crippen molar-refractivity contribution in [1.82, 2.24) is 14.7 Å². The number of likely N-dealkylation sites (tertiary alicyclic amines) is 1. The third-order valence-corrected chi connectivity index (χ3v) is 4.82. The van der Waals surface area contributed by atoms with Crippen molar-refractivity contribution in [2.75, 3.05) is 18.5 Å². The Hall–Kier alpha value is -2.05. The summed E-state index contributed by atoms with van der Waals surface area (Å²) in [5, 5.41) is 17.1. The molecule has 0 saturated carbocycles. The molecule has 6 nitrogen and oxygen atoms in total. The van der Waals surface area contributed by atoms with Crippen molar-refractivity contribution in [3.05, 3.63) is 41.7 Å². The summed E-state index contributed by atoms with van der Waals surface area (Å²) in [7, 11) is 0. The maximum Gasteiger partial charge on any atom is 0.322 e. The second kappa shape index (κ2) is 7.23. The normalized spacial score (nSPS) is 20.9. The van der Waals surface area contributed by atoms with Crippen LogP contribution in [0.25, 0.3) is 5.69 Å². The molecule has 7 heteroatoms. The van der Waals surface area contributed by atoms with E-state index < -0.39 is 0 Å². The fourth-order valence-corrected chi connectivity index (χ4v) is 3.42. The summed E-state index contributed by atoms with van der Waals surface area (Å²) in [6.07, 6.45) is 5.46. The summed E-state index contributed by atoms with van der Waals surface area (Å²) in [5.41, 5.74) is 1.37. The standard InChI is InChI=1S/C17H21ClN4O2/c1-12-4-2-8-21(16(12)11-23)17(24)20-13-5-6-15(14(18)10-13)22-9-3-7-19-22/h3,5-7,9-10,12,16,23H,2,4,8,11H2,1H3,(H,20,24). The third kappa shape index (κ3) is 3.39. The highest BCUT2D eigenvalue weighted by molar-refractivity contribution is 6.32. The van der Waals surface area contributed by atoms with E-state index in [4.69, 9.17) is 11.6 Å². The van der Waals surface area contributed by atoms with E-state index in [1.54, 1.807) is 34.1 Å². The molecular formula is C17H21ClN4O2. The molecule has 1 aliphatic heterocycles. The highest BCUT2D eigenvalue weighted by Crippen LogP contribution is 2.26. The Kier molecular flexibility index (Phi) is 5.06. The molecule has 24 heavy (non-hydrogen) atoms. The molecule has 1 saturated heterocycles. The molecule has 2 heterocycles. The smallest absolute Gasteiger partial charge is 0.322 e. The molecule has 3 rings (SSSR count). The van der Waals surface area contributed by atoms with Gasteiger partial charge in [-0.05, 0) is 43.0 Å². The molecule has 2 atom stereocenters. The number of amides is 2. The summed E-state index contributed by atoms with van der Waals surface area (Å²) in [4.78, 5) is 14.3. The fourth-order valence-electron chi connectivity index (χ4n) is 3.16. The van der Waals surface area contributed by atoms with Crippen LogP contribution < -0.4 is 5.32 Å². The van der Waals surface area contributed by atoms with Gasteiger partial charge in [-0.15, -0.1) is 0 Å². The van der Waals surface area contributed by atoms with E-state index in [1.165, 1.54) is 0 Å². The zero-order valence-electron chi connectivity index (χ0n) is 13.5. The Morgan fingerprint density at radius 1 is 1.50 bits per heavy atom. The second-order valence-corrected chi connectivity index (χ2v) is 6.52. The van der Waals surface area contributed by atoms with Crippen LogP contribution in [0, 0.1) is 5.92 Å². The Morgan fingerprint density at radius 3 is 3.00 bits per heavy atom. The first-order valence-electron chi connectivity index (χ1n) is 8.08. The minimum Gasteiger partial charge on any atom is -0.394 e. The first-order chi connectivity index (χ1) is 11.6. The van der Waals surface area contributed by atoms with Gasteiger partial charge in [-0.2, -0.15) is 5.10 Å². The molecule has 1 aliphatic rings. The highest BCUT2D eigenvalue weighted by atomic mass is 35.5. The van der Waals surface area contributed by atoms with Gasteiger partial charge >= 0.3 is 6.03 Å². The van der Waals surface area contributed by atoms with Crippen LogP contribution in [0.1, 0.15) is 19.8 Å². The minimum absolute atomic E-state index is 0.0203. The molecule has 2 aromatic rings. The van der Waals surface area contributed by atoms with E-state index in [1.807, 2.05) is 12.1 Å². The fraction of sp³-hybridized carbons (Fsp3) is 0.412. The van der Waals surface area contributed by atoms with Crippen LogP contribution in [0.2, 0.25) is 5.02 Å². The Balaban J connectivity index is 1.73. The van der Waals surface area contributed by atoms with Crippen molar-refractivity contribution in [2.45, 2.75) is 25.8 Å². The van der Waals surface area contributed by atoms with Crippen molar-refractivity contribution in [1.29, 1.82) is 0 Å². The van der Waals surface area contributed by atoms with Crippen molar-refractivity contribution < 1.29 is 9.90 Å². The molecule has 1 aromatic heterocycles. The van der Waals surface area contributed by atoms with Gasteiger partial charge in [0.05, 0.1) is 23.4 Å². The van der Waals surface area contributed by atoms with Gasteiger partial charge < -0.3 is 15.3 Å². The van der Waals surface area contributed by atoms with Crippen molar-refractivity contribution >= 4 is 23.3 Å². The van der Waals surface area contributed by atoms with Gasteiger partial charge in [0.25, 0.3) is 0 Å². The average Bonchev–Trinajstić information content (AvgIpc) is 3.09. The molecule has 0 radical (unpaired) electrons. The lowest BCUT2D eigenvalue weighted by Gasteiger charge is -2.38. The van der Waals surface area contributed by atoms with E-state index in [2.05, 4.69) is 17.3 Å². The minimum atomic E-state index is -0.205. The molecule has 1 aromatic carbocycles. The number of rotatable bonds is 3. The molecular weight excluding hydrogens is 328 g/mol. The number of hydrogen-bond acceptors (Lipinski definition) is 3. The molecule has 128 valence electrons. The van der Waals surface area contributed by atoms with Gasteiger partial charge in [-0.25, -0.2) is 9.48 Å². The van der Waals surface area contributed by atoms with Gasteiger partial charge in [0.15, 0.2) is 0 Å². The zero-order valence-corrected chi connectivity index (χ0v) is 14.3. The van der Waals surface area contributed by atoms with Crippen LogP contribution in [0.4, 0.5) is 10.5 Å². The molecule has 0 bridgehead atoms. The number of benzene rings is 1. The van der Waals surface area contributed by atoms with Crippen molar-refractivity contribution in [2.24, 2.45) is 5.92 Å². The molecule has 0 spiro atoms. The first kappa shape index (κ1) is 16.8. The maximum absolute atomic E-state index is 12.6. The largest absolute Gasteiger partial charge is 0.394 e. The topological polar surface area (TPSA) is 70.4 Å². The number of nitrogens with zero attached hydrogens (tertiary/aromatic N) is 3. The lowest BCUT2D eigenvalue weighted by Crippen LogP contribution is -2.51. The summed E-state index contributed by atoms with van der Waals surface area (Å²) >= 11 is 6.30. The highest BCUT2D eigenvalue weighted by Gasteiger charge is 2.31. The number of aliphatic hydroxyl groups is 1. The van der Waals surface area contributed by atoms with Crippen molar-refractivity contribution in [3.63, 3.8) is 0 Å². The number of anilines is 1. The number of piperidine rings is 1. The van der Waals surface area contributed by atoms with E-state index in [0.29, 0.717) is 23.2 Å². The Labute approximate surface area is 146 Å². The van der Waals surface area contributed by atoms with Crippen LogP contribution in [0.5, 0.6) is 0 Å². The zero-order chi connectivity index (χ0) is 17.1. The number of carbonyl (C=O) groups is 1. The molecule has 2 amide bonds. The summed E-state index contributed by atoms with van der Waals surface area (Å²) in [5.74, 6) is 0.292. The van der Waals surface area contributed by atoms with Gasteiger partial charge in [0, 0.05) is 24.6 Å². The van der Waals surface area contributed by atoms with E-state index >= 15 is 0 Å². The summed E-state index contributed by atoms with van der Waals surface area (Å²) in [6, 6.07) is 6.78. The van der Waals surface area contributed by atoms with Crippen LogP contribution in [-0.4, -0.2) is 45.0 Å². The lowest BCUT2D eigenvalue weighted by molar-refractivity contribution is 0.0811. The lowest BCUT2D eigenvalue weighted by atomic mass is 9.91. The molecule has 2 unspecified atom stereocenters. The SMILES string of the molecule is CC1CCCN(C(=O)Nc2ccc(-n3cccn3)c(Cl)c2)C1CO. The number of hydrogen-bond donors (Lipinski definition) is 2. The van der Waals surface area contributed by atoms with Crippen molar-refractivity contribution in [3.8, 4) is 5.69 Å². The van der Waals surface area contributed by atoms with Crippen LogP contribution in [-0.2, 0) is 0 Å². The number of aromatic nitrogens is 2. The van der Waals surface area contributed by atoms with E-state index in [0.717, 1.165) is 18.5 Å². The molecule has 2 N–H and O–H groups in total. The molecule has 0 aliphatic carbocycles. The predicted molar refractivity (Wildman–Crippen MR) is 93.6 cm³/mol.